The molecule has 2 aromatic heterocycles. The van der Waals surface area contributed by atoms with Crippen LogP contribution in [0.4, 0.5) is 0 Å². The minimum atomic E-state index is 0.472. The molecule has 3 aromatic rings. The molecular weight excluding hydrogens is 452 g/mol. The number of pyridine rings is 1. The van der Waals surface area contributed by atoms with Gasteiger partial charge in [-0.05, 0) is 47.7 Å². The van der Waals surface area contributed by atoms with Gasteiger partial charge in [0, 0.05) is 21.6 Å². The van der Waals surface area contributed by atoms with Crippen LogP contribution in [0.5, 0.6) is 0 Å². The molecule has 0 saturated carbocycles. The average Bonchev–Trinajstić information content (AvgIpc) is 2.45. The van der Waals surface area contributed by atoms with Gasteiger partial charge in [0.1, 0.15) is 5.15 Å². The summed E-state index contributed by atoms with van der Waals surface area (Å²) >= 11 is 11.8. The zero-order valence-electron chi connectivity index (χ0n) is 10.4. The van der Waals surface area contributed by atoms with Gasteiger partial charge in [0.2, 0.25) is 0 Å². The number of nitrogens with zero attached hydrogens (tertiary/aromatic N) is 3. The molecule has 0 aliphatic carbocycles. The van der Waals surface area contributed by atoms with Crippen molar-refractivity contribution in [2.24, 2.45) is 0 Å². The van der Waals surface area contributed by atoms with Gasteiger partial charge >= 0.3 is 0 Å². The van der Waals surface area contributed by atoms with E-state index in [4.69, 9.17) is 11.6 Å². The Hall–Kier alpha value is -0.790. The van der Waals surface area contributed by atoms with Crippen LogP contribution in [0.2, 0.25) is 5.15 Å². The van der Waals surface area contributed by atoms with Crippen LogP contribution in [0, 0.1) is 10.5 Å². The number of aryl methyl sites for hydroxylation is 1. The lowest BCUT2D eigenvalue weighted by Crippen LogP contribution is -1.97. The monoisotopic (exact) mass is 459 g/mol. The summed E-state index contributed by atoms with van der Waals surface area (Å²) in [6, 6.07) is 7.85. The van der Waals surface area contributed by atoms with Crippen LogP contribution in [0.1, 0.15) is 5.69 Å². The Bertz CT molecular complexity index is 800. The molecule has 0 bridgehead atoms. The van der Waals surface area contributed by atoms with E-state index in [1.165, 1.54) is 0 Å². The van der Waals surface area contributed by atoms with Crippen molar-refractivity contribution < 1.29 is 0 Å². The number of hydrogen-bond donors (Lipinski definition) is 0. The largest absolute Gasteiger partial charge is 0.255 e. The molecule has 0 saturated heterocycles. The van der Waals surface area contributed by atoms with E-state index in [0.29, 0.717) is 11.0 Å². The highest BCUT2D eigenvalue weighted by Crippen LogP contribution is 2.31. The van der Waals surface area contributed by atoms with Gasteiger partial charge in [-0.15, -0.1) is 0 Å². The molecule has 20 heavy (non-hydrogen) atoms. The number of halogens is 3. The van der Waals surface area contributed by atoms with Crippen LogP contribution in [0.25, 0.3) is 22.3 Å². The van der Waals surface area contributed by atoms with E-state index in [9.17, 15) is 0 Å². The van der Waals surface area contributed by atoms with E-state index >= 15 is 0 Å². The lowest BCUT2D eigenvalue weighted by Gasteiger charge is -2.08. The molecule has 0 fully saturated rings. The molecule has 0 radical (unpaired) electrons. The van der Waals surface area contributed by atoms with Gasteiger partial charge < -0.3 is 0 Å². The summed E-state index contributed by atoms with van der Waals surface area (Å²) in [4.78, 5) is 13.3. The summed E-state index contributed by atoms with van der Waals surface area (Å²) in [6.07, 6.45) is 1.76. The maximum atomic E-state index is 6.16. The highest BCUT2D eigenvalue weighted by Gasteiger charge is 2.13. The first-order valence-corrected chi connectivity index (χ1v) is 8.06. The molecular formula is C14H8BrClIN3. The standard InChI is InChI=1S/C14H8BrClIN3/c1-7-11(17)13(16)20-14(19-7)9-4-5-10(15)8-3-2-6-18-12(8)9/h2-6H,1H3. The molecule has 1 aromatic carbocycles. The second-order valence-corrected chi connectivity index (χ2v) is 6.52. The van der Waals surface area contributed by atoms with Gasteiger partial charge in [-0.2, -0.15) is 0 Å². The summed E-state index contributed by atoms with van der Waals surface area (Å²) in [5.41, 5.74) is 2.61. The molecule has 6 heteroatoms. The minimum absolute atomic E-state index is 0.472. The van der Waals surface area contributed by atoms with Crippen molar-refractivity contribution >= 4 is 61.0 Å². The van der Waals surface area contributed by atoms with E-state index in [0.717, 1.165) is 30.2 Å². The Kier molecular flexibility index (Phi) is 3.92. The van der Waals surface area contributed by atoms with Gasteiger partial charge in [-0.3, -0.25) is 4.98 Å². The number of rotatable bonds is 1. The van der Waals surface area contributed by atoms with E-state index in [1.54, 1.807) is 6.20 Å². The van der Waals surface area contributed by atoms with Crippen molar-refractivity contribution in [3.8, 4) is 11.4 Å². The predicted molar refractivity (Wildman–Crippen MR) is 92.9 cm³/mol. The number of fused-ring (bicyclic) bond motifs is 1. The van der Waals surface area contributed by atoms with E-state index in [1.807, 2.05) is 31.2 Å². The smallest absolute Gasteiger partial charge is 0.163 e. The molecule has 3 rings (SSSR count). The van der Waals surface area contributed by atoms with E-state index < -0.39 is 0 Å². The maximum absolute atomic E-state index is 6.16. The molecule has 0 N–H and O–H groups in total. The van der Waals surface area contributed by atoms with Crippen molar-refractivity contribution in [1.82, 2.24) is 15.0 Å². The van der Waals surface area contributed by atoms with E-state index in [-0.39, 0.29) is 0 Å². The van der Waals surface area contributed by atoms with Gasteiger partial charge in [-0.1, -0.05) is 33.6 Å². The Morgan fingerprint density at radius 1 is 1.20 bits per heavy atom. The fourth-order valence-corrected chi connectivity index (χ4v) is 2.87. The molecule has 0 unspecified atom stereocenters. The number of benzene rings is 1. The van der Waals surface area contributed by atoms with Gasteiger partial charge in [-0.25, -0.2) is 9.97 Å². The predicted octanol–water partition coefficient (Wildman–Crippen LogP) is 5.02. The van der Waals surface area contributed by atoms with Gasteiger partial charge in [0.25, 0.3) is 0 Å². The third kappa shape index (κ3) is 2.42. The Balaban J connectivity index is 2.33. The second kappa shape index (κ2) is 5.54. The molecule has 100 valence electrons. The Morgan fingerprint density at radius 2 is 2.00 bits per heavy atom. The van der Waals surface area contributed by atoms with Crippen LogP contribution < -0.4 is 0 Å². The molecule has 0 atom stereocenters. The van der Waals surface area contributed by atoms with Crippen LogP contribution in [0.15, 0.2) is 34.9 Å². The fourth-order valence-electron chi connectivity index (χ4n) is 1.96. The Morgan fingerprint density at radius 3 is 2.75 bits per heavy atom. The molecule has 0 aliphatic rings. The summed E-state index contributed by atoms with van der Waals surface area (Å²) in [5.74, 6) is 0.601. The molecule has 0 amide bonds. The van der Waals surface area contributed by atoms with Crippen molar-refractivity contribution in [2.75, 3.05) is 0 Å². The first-order valence-electron chi connectivity index (χ1n) is 5.81. The topological polar surface area (TPSA) is 38.7 Å². The lowest BCUT2D eigenvalue weighted by atomic mass is 10.1. The highest BCUT2D eigenvalue weighted by molar-refractivity contribution is 14.1. The van der Waals surface area contributed by atoms with E-state index in [2.05, 4.69) is 53.5 Å². The SMILES string of the molecule is Cc1nc(-c2ccc(Br)c3cccnc23)nc(Cl)c1I. The second-order valence-electron chi connectivity index (χ2n) is 4.23. The van der Waals surface area contributed by atoms with Gasteiger partial charge in [0.15, 0.2) is 5.82 Å². The Labute approximate surface area is 143 Å². The zero-order chi connectivity index (χ0) is 14.3. The molecule has 0 aliphatic heterocycles. The van der Waals surface area contributed by atoms with Crippen LogP contribution in [0.3, 0.4) is 0 Å². The first kappa shape index (κ1) is 14.2. The third-order valence-electron chi connectivity index (χ3n) is 2.93. The quantitative estimate of drug-likeness (QED) is 0.378. The number of hydrogen-bond acceptors (Lipinski definition) is 3. The molecule has 2 heterocycles. The normalized spacial score (nSPS) is 11.0. The maximum Gasteiger partial charge on any atom is 0.163 e. The minimum Gasteiger partial charge on any atom is -0.255 e. The van der Waals surface area contributed by atoms with Crippen molar-refractivity contribution in [1.29, 1.82) is 0 Å². The summed E-state index contributed by atoms with van der Waals surface area (Å²) in [6.45, 7) is 1.92. The van der Waals surface area contributed by atoms with Crippen molar-refractivity contribution in [3.05, 3.63) is 49.4 Å². The third-order valence-corrected chi connectivity index (χ3v) is 5.51. The van der Waals surface area contributed by atoms with Crippen LogP contribution >= 0.6 is 50.1 Å². The van der Waals surface area contributed by atoms with Crippen molar-refractivity contribution in [2.45, 2.75) is 6.92 Å². The summed E-state index contributed by atoms with van der Waals surface area (Å²) < 4.78 is 1.88. The molecule has 0 spiro atoms. The lowest BCUT2D eigenvalue weighted by molar-refractivity contribution is 1.09. The first-order chi connectivity index (χ1) is 9.58. The van der Waals surface area contributed by atoms with Crippen LogP contribution in [-0.4, -0.2) is 15.0 Å². The fraction of sp³-hybridized carbons (Fsp3) is 0.0714. The van der Waals surface area contributed by atoms with Gasteiger partial charge in [0.05, 0.1) is 14.8 Å². The highest BCUT2D eigenvalue weighted by atomic mass is 127. The van der Waals surface area contributed by atoms with Crippen molar-refractivity contribution in [3.63, 3.8) is 0 Å². The average molecular weight is 461 g/mol. The zero-order valence-corrected chi connectivity index (χ0v) is 14.9. The number of aromatic nitrogens is 3. The van der Waals surface area contributed by atoms with Crippen LogP contribution in [-0.2, 0) is 0 Å². The summed E-state index contributed by atoms with van der Waals surface area (Å²) in [7, 11) is 0. The summed E-state index contributed by atoms with van der Waals surface area (Å²) in [5, 5.41) is 1.50. The molecule has 3 nitrogen and oxygen atoms in total.